The van der Waals surface area contributed by atoms with Crippen molar-refractivity contribution in [2.24, 2.45) is 0 Å². The second-order valence-corrected chi connectivity index (χ2v) is 6.19. The first kappa shape index (κ1) is 16.3. The van der Waals surface area contributed by atoms with Crippen molar-refractivity contribution in [3.63, 3.8) is 0 Å². The van der Waals surface area contributed by atoms with Gasteiger partial charge in [-0.1, -0.05) is 12.1 Å². The quantitative estimate of drug-likeness (QED) is 0.842. The highest BCUT2D eigenvalue weighted by molar-refractivity contribution is 7.11. The number of ether oxygens (including phenoxy) is 3. The van der Waals surface area contributed by atoms with Gasteiger partial charge in [0, 0.05) is 0 Å². The summed E-state index contributed by atoms with van der Waals surface area (Å²) in [5, 5.41) is 4.57. The largest absolute Gasteiger partial charge is 0.486 e. The zero-order valence-corrected chi connectivity index (χ0v) is 13.9. The molecular formula is C17H17NO5S. The minimum atomic E-state index is -0.493. The van der Waals surface area contributed by atoms with Crippen LogP contribution in [0.25, 0.3) is 0 Å². The number of amides is 1. The zero-order valence-electron chi connectivity index (χ0n) is 13.1. The summed E-state index contributed by atoms with van der Waals surface area (Å²) in [6.07, 6.45) is 0. The number of hydrogen-bond donors (Lipinski definition) is 1. The number of thiophene rings is 1. The molecule has 1 atom stereocenters. The van der Waals surface area contributed by atoms with E-state index >= 15 is 0 Å². The molecule has 6 nitrogen and oxygen atoms in total. The molecule has 0 fully saturated rings. The predicted molar refractivity (Wildman–Crippen MR) is 88.6 cm³/mol. The molecule has 2 heterocycles. The van der Waals surface area contributed by atoms with Gasteiger partial charge in [-0.05, 0) is 36.1 Å². The molecule has 126 valence electrons. The number of benzene rings is 1. The van der Waals surface area contributed by atoms with Gasteiger partial charge >= 0.3 is 5.97 Å². The maximum atomic E-state index is 11.9. The number of rotatable bonds is 5. The first-order chi connectivity index (χ1) is 11.6. The number of carbonyl (C=O) groups excluding carboxylic acids is 2. The van der Waals surface area contributed by atoms with Gasteiger partial charge in [-0.15, -0.1) is 11.3 Å². The van der Waals surface area contributed by atoms with Crippen LogP contribution in [0, 0.1) is 0 Å². The second-order valence-electron chi connectivity index (χ2n) is 5.25. The topological polar surface area (TPSA) is 73.9 Å². The zero-order chi connectivity index (χ0) is 16.9. The Morgan fingerprint density at radius 3 is 2.79 bits per heavy atom. The molecule has 3 rings (SSSR count). The van der Waals surface area contributed by atoms with Gasteiger partial charge in [0.15, 0.2) is 18.1 Å². The Balaban J connectivity index is 1.53. The first-order valence-corrected chi connectivity index (χ1v) is 8.41. The van der Waals surface area contributed by atoms with Crippen LogP contribution in [-0.2, 0) is 9.53 Å². The fourth-order valence-corrected chi connectivity index (χ4v) is 2.91. The van der Waals surface area contributed by atoms with Crippen LogP contribution in [0.2, 0.25) is 0 Å². The van der Waals surface area contributed by atoms with E-state index in [0.29, 0.717) is 29.6 Å². The highest BCUT2D eigenvalue weighted by Gasteiger charge is 2.17. The molecule has 1 aliphatic rings. The van der Waals surface area contributed by atoms with Crippen molar-refractivity contribution in [1.29, 1.82) is 0 Å². The van der Waals surface area contributed by atoms with Gasteiger partial charge in [0.25, 0.3) is 5.91 Å². The van der Waals surface area contributed by atoms with Crippen molar-refractivity contribution in [2.45, 2.75) is 13.0 Å². The lowest BCUT2D eigenvalue weighted by atomic mass is 10.1. The normalized spacial score (nSPS) is 13.9. The Hall–Kier alpha value is -2.54. The summed E-state index contributed by atoms with van der Waals surface area (Å²) in [7, 11) is 0. The Kier molecular flexibility index (Phi) is 5.00. The maximum absolute atomic E-state index is 11.9. The van der Waals surface area contributed by atoms with Crippen molar-refractivity contribution >= 4 is 23.2 Å². The van der Waals surface area contributed by atoms with Crippen molar-refractivity contribution in [3.05, 3.63) is 46.2 Å². The molecule has 0 aliphatic carbocycles. The van der Waals surface area contributed by atoms with Crippen molar-refractivity contribution < 1.29 is 23.8 Å². The van der Waals surface area contributed by atoms with Crippen molar-refractivity contribution in [2.75, 3.05) is 19.8 Å². The van der Waals surface area contributed by atoms with Gasteiger partial charge in [-0.3, -0.25) is 4.79 Å². The molecule has 0 bridgehead atoms. The van der Waals surface area contributed by atoms with E-state index in [2.05, 4.69) is 5.32 Å². The molecule has 1 amide bonds. The molecule has 0 saturated carbocycles. The van der Waals surface area contributed by atoms with E-state index in [0.717, 1.165) is 5.56 Å². The van der Waals surface area contributed by atoms with Crippen LogP contribution in [0.3, 0.4) is 0 Å². The lowest BCUT2D eigenvalue weighted by molar-refractivity contribution is -0.124. The number of esters is 1. The monoisotopic (exact) mass is 347 g/mol. The fourth-order valence-electron chi connectivity index (χ4n) is 2.29. The van der Waals surface area contributed by atoms with E-state index in [1.54, 1.807) is 17.5 Å². The second kappa shape index (κ2) is 7.35. The van der Waals surface area contributed by atoms with E-state index in [1.165, 1.54) is 11.3 Å². The van der Waals surface area contributed by atoms with Crippen molar-refractivity contribution in [1.82, 2.24) is 5.32 Å². The summed E-state index contributed by atoms with van der Waals surface area (Å²) in [5.41, 5.74) is 0.886. The molecule has 1 aromatic heterocycles. The highest BCUT2D eigenvalue weighted by Crippen LogP contribution is 2.32. The molecule has 0 radical (unpaired) electrons. The summed E-state index contributed by atoms with van der Waals surface area (Å²) < 4.78 is 16.0. The molecular weight excluding hydrogens is 330 g/mol. The summed E-state index contributed by atoms with van der Waals surface area (Å²) in [6.45, 7) is 2.58. The van der Waals surface area contributed by atoms with Gasteiger partial charge in [-0.2, -0.15) is 0 Å². The Labute approximate surface area is 143 Å². The predicted octanol–water partition coefficient (Wildman–Crippen LogP) is 2.55. The average molecular weight is 347 g/mol. The third kappa shape index (κ3) is 3.86. The number of fused-ring (bicyclic) bond motifs is 1. The Morgan fingerprint density at radius 1 is 1.25 bits per heavy atom. The maximum Gasteiger partial charge on any atom is 0.348 e. The molecule has 24 heavy (non-hydrogen) atoms. The first-order valence-electron chi connectivity index (χ1n) is 7.53. The Bertz CT molecular complexity index is 729. The fraction of sp³-hybridized carbons (Fsp3) is 0.294. The molecule has 0 unspecified atom stereocenters. The molecule has 1 aliphatic heterocycles. The van der Waals surface area contributed by atoms with Crippen LogP contribution in [0.5, 0.6) is 11.5 Å². The third-order valence-corrected chi connectivity index (χ3v) is 4.35. The SMILES string of the molecule is C[C@H](NC(=O)COC(=O)c1cccs1)c1ccc2c(c1)OCCO2. The van der Waals surface area contributed by atoms with Gasteiger partial charge in [-0.25, -0.2) is 4.79 Å². The van der Waals surface area contributed by atoms with E-state index < -0.39 is 5.97 Å². The van der Waals surface area contributed by atoms with Gasteiger partial charge in [0.1, 0.15) is 18.1 Å². The average Bonchev–Trinajstić information content (AvgIpc) is 3.14. The minimum absolute atomic E-state index is 0.242. The third-order valence-electron chi connectivity index (χ3n) is 3.50. The standard InChI is InChI=1S/C17H17NO5S/c1-11(12-4-5-13-14(9-12)22-7-6-21-13)18-16(19)10-23-17(20)15-3-2-8-24-15/h2-5,8-9,11H,6-7,10H2,1H3,(H,18,19)/t11-/m0/s1. The molecule has 1 aromatic carbocycles. The van der Waals surface area contributed by atoms with Crippen LogP contribution < -0.4 is 14.8 Å². The number of nitrogens with one attached hydrogen (secondary N) is 1. The molecule has 1 N–H and O–H groups in total. The molecule has 7 heteroatoms. The van der Waals surface area contributed by atoms with E-state index in [9.17, 15) is 9.59 Å². The summed E-state index contributed by atoms with van der Waals surface area (Å²) in [5.74, 6) is 0.520. The van der Waals surface area contributed by atoms with E-state index in [4.69, 9.17) is 14.2 Å². The van der Waals surface area contributed by atoms with Crippen LogP contribution in [-0.4, -0.2) is 31.7 Å². The van der Waals surface area contributed by atoms with Crippen LogP contribution in [0.15, 0.2) is 35.7 Å². The number of hydrogen-bond acceptors (Lipinski definition) is 6. The summed E-state index contributed by atoms with van der Waals surface area (Å²) in [6, 6.07) is 8.71. The van der Waals surface area contributed by atoms with E-state index in [-0.39, 0.29) is 18.6 Å². The van der Waals surface area contributed by atoms with Crippen LogP contribution in [0.4, 0.5) is 0 Å². The van der Waals surface area contributed by atoms with Gasteiger partial charge in [0.05, 0.1) is 6.04 Å². The van der Waals surface area contributed by atoms with Crippen LogP contribution >= 0.6 is 11.3 Å². The summed E-state index contributed by atoms with van der Waals surface area (Å²) >= 11 is 1.27. The Morgan fingerprint density at radius 2 is 2.04 bits per heavy atom. The molecule has 2 aromatic rings. The van der Waals surface area contributed by atoms with E-state index in [1.807, 2.05) is 25.1 Å². The van der Waals surface area contributed by atoms with Crippen LogP contribution in [0.1, 0.15) is 28.2 Å². The van der Waals surface area contributed by atoms with Gasteiger partial charge < -0.3 is 19.5 Å². The van der Waals surface area contributed by atoms with Gasteiger partial charge in [0.2, 0.25) is 0 Å². The minimum Gasteiger partial charge on any atom is -0.486 e. The number of carbonyl (C=O) groups is 2. The lowest BCUT2D eigenvalue weighted by Gasteiger charge is -2.21. The summed E-state index contributed by atoms with van der Waals surface area (Å²) in [4.78, 5) is 24.1. The molecule has 0 spiro atoms. The smallest absolute Gasteiger partial charge is 0.348 e. The molecule has 0 saturated heterocycles. The van der Waals surface area contributed by atoms with Crippen molar-refractivity contribution in [3.8, 4) is 11.5 Å². The lowest BCUT2D eigenvalue weighted by Crippen LogP contribution is -2.31. The highest BCUT2D eigenvalue weighted by atomic mass is 32.1.